The van der Waals surface area contributed by atoms with Crippen LogP contribution in [0, 0.1) is 19.7 Å². The molecule has 0 amide bonds. The summed E-state index contributed by atoms with van der Waals surface area (Å²) in [4.78, 5) is 3.96. The molecule has 2 heterocycles. The van der Waals surface area contributed by atoms with E-state index in [4.69, 9.17) is 4.42 Å². The zero-order valence-electron chi connectivity index (χ0n) is 10.1. The van der Waals surface area contributed by atoms with E-state index < -0.39 is 0 Å². The lowest BCUT2D eigenvalue weighted by Gasteiger charge is -2.14. The minimum absolute atomic E-state index is 0.0446. The van der Waals surface area contributed by atoms with Gasteiger partial charge in [-0.15, -0.1) is 0 Å². The van der Waals surface area contributed by atoms with Gasteiger partial charge >= 0.3 is 0 Å². The van der Waals surface area contributed by atoms with Crippen molar-refractivity contribution >= 4 is 5.82 Å². The molecule has 17 heavy (non-hydrogen) atoms. The molecule has 0 aliphatic carbocycles. The van der Waals surface area contributed by atoms with Gasteiger partial charge in [0.05, 0.1) is 6.04 Å². The van der Waals surface area contributed by atoms with Crippen molar-refractivity contribution in [1.29, 1.82) is 0 Å². The summed E-state index contributed by atoms with van der Waals surface area (Å²) in [7, 11) is 0. The zero-order valence-corrected chi connectivity index (χ0v) is 10.1. The Labute approximate surface area is 99.7 Å². The Hall–Kier alpha value is -1.84. The average Bonchev–Trinajstić information content (AvgIpc) is 2.61. The lowest BCUT2D eigenvalue weighted by Crippen LogP contribution is -2.09. The largest absolute Gasteiger partial charge is 0.466 e. The predicted molar refractivity (Wildman–Crippen MR) is 64.4 cm³/mol. The minimum Gasteiger partial charge on any atom is -0.466 e. The van der Waals surface area contributed by atoms with Crippen LogP contribution < -0.4 is 5.32 Å². The van der Waals surface area contributed by atoms with E-state index in [2.05, 4.69) is 10.3 Å². The number of rotatable bonds is 3. The van der Waals surface area contributed by atoms with Gasteiger partial charge in [-0.1, -0.05) is 0 Å². The van der Waals surface area contributed by atoms with Gasteiger partial charge in [0.25, 0.3) is 0 Å². The molecule has 1 atom stereocenters. The lowest BCUT2D eigenvalue weighted by molar-refractivity contribution is 0.499. The van der Waals surface area contributed by atoms with Crippen LogP contribution in [-0.2, 0) is 0 Å². The van der Waals surface area contributed by atoms with Crippen LogP contribution in [0.4, 0.5) is 10.2 Å². The molecule has 1 unspecified atom stereocenters. The Morgan fingerprint density at radius 1 is 1.41 bits per heavy atom. The van der Waals surface area contributed by atoms with Gasteiger partial charge in [0.2, 0.25) is 0 Å². The molecule has 0 aliphatic heterocycles. The van der Waals surface area contributed by atoms with Crippen LogP contribution >= 0.6 is 0 Å². The first kappa shape index (κ1) is 11.6. The second kappa shape index (κ2) is 4.57. The van der Waals surface area contributed by atoms with Crippen LogP contribution in [0.15, 0.2) is 28.8 Å². The Morgan fingerprint density at radius 3 is 2.76 bits per heavy atom. The molecule has 0 bridgehead atoms. The van der Waals surface area contributed by atoms with Gasteiger partial charge in [-0.25, -0.2) is 9.37 Å². The maximum Gasteiger partial charge on any atom is 0.165 e. The predicted octanol–water partition coefficient (Wildman–Crippen LogP) is 3.60. The van der Waals surface area contributed by atoms with Crippen LogP contribution in [0.25, 0.3) is 0 Å². The maximum absolute atomic E-state index is 13.4. The summed E-state index contributed by atoms with van der Waals surface area (Å²) >= 11 is 0. The Bertz CT molecular complexity index is 522. The molecule has 1 N–H and O–H groups in total. The molecular weight excluding hydrogens is 219 g/mol. The number of anilines is 1. The highest BCUT2D eigenvalue weighted by molar-refractivity contribution is 5.40. The van der Waals surface area contributed by atoms with Crippen molar-refractivity contribution in [3.05, 3.63) is 47.3 Å². The fourth-order valence-electron chi connectivity index (χ4n) is 1.86. The molecule has 0 saturated heterocycles. The van der Waals surface area contributed by atoms with Gasteiger partial charge in [-0.05, 0) is 39.0 Å². The third-order valence-corrected chi connectivity index (χ3v) is 2.66. The second-order valence-corrected chi connectivity index (χ2v) is 4.07. The van der Waals surface area contributed by atoms with Gasteiger partial charge in [-0.2, -0.15) is 0 Å². The smallest absolute Gasteiger partial charge is 0.165 e. The van der Waals surface area contributed by atoms with E-state index >= 15 is 0 Å². The summed E-state index contributed by atoms with van der Waals surface area (Å²) in [5, 5.41) is 3.03. The molecular formula is C13H15FN2O. The number of pyridine rings is 1. The van der Waals surface area contributed by atoms with Gasteiger partial charge in [0, 0.05) is 11.8 Å². The first-order valence-corrected chi connectivity index (χ1v) is 5.52. The Kier molecular flexibility index (Phi) is 3.13. The fourth-order valence-corrected chi connectivity index (χ4v) is 1.86. The molecule has 90 valence electrons. The number of hydrogen-bond acceptors (Lipinski definition) is 3. The van der Waals surface area contributed by atoms with Gasteiger partial charge in [0.1, 0.15) is 11.5 Å². The van der Waals surface area contributed by atoms with E-state index in [9.17, 15) is 4.39 Å². The van der Waals surface area contributed by atoms with E-state index in [1.165, 1.54) is 6.07 Å². The highest BCUT2D eigenvalue weighted by Gasteiger charge is 2.14. The molecule has 0 spiro atoms. The van der Waals surface area contributed by atoms with Crippen molar-refractivity contribution in [2.45, 2.75) is 26.8 Å². The van der Waals surface area contributed by atoms with Crippen LogP contribution in [0.1, 0.15) is 30.0 Å². The van der Waals surface area contributed by atoms with Crippen molar-refractivity contribution in [2.24, 2.45) is 0 Å². The summed E-state index contributed by atoms with van der Waals surface area (Å²) in [6.45, 7) is 5.74. The number of hydrogen-bond donors (Lipinski definition) is 1. The molecule has 2 aromatic rings. The highest BCUT2D eigenvalue weighted by atomic mass is 19.1. The Balaban J connectivity index is 2.20. The monoisotopic (exact) mass is 234 g/mol. The van der Waals surface area contributed by atoms with Crippen molar-refractivity contribution in [1.82, 2.24) is 4.98 Å². The number of nitrogens with zero attached hydrogens (tertiary/aromatic N) is 1. The zero-order chi connectivity index (χ0) is 12.4. The Morgan fingerprint density at radius 2 is 2.18 bits per heavy atom. The number of aryl methyl sites for hydroxylation is 2. The first-order chi connectivity index (χ1) is 8.08. The van der Waals surface area contributed by atoms with E-state index in [1.807, 2.05) is 26.8 Å². The molecule has 3 nitrogen and oxygen atoms in total. The molecule has 0 saturated carbocycles. The summed E-state index contributed by atoms with van der Waals surface area (Å²) < 4.78 is 18.9. The van der Waals surface area contributed by atoms with Gasteiger partial charge in [-0.3, -0.25) is 0 Å². The first-order valence-electron chi connectivity index (χ1n) is 5.52. The topological polar surface area (TPSA) is 38.1 Å². The van der Waals surface area contributed by atoms with Gasteiger partial charge < -0.3 is 9.73 Å². The normalized spacial score (nSPS) is 12.5. The third kappa shape index (κ3) is 2.46. The summed E-state index contributed by atoms with van der Waals surface area (Å²) in [5.41, 5.74) is 1.02. The molecule has 2 aromatic heterocycles. The van der Waals surface area contributed by atoms with E-state index in [0.717, 1.165) is 17.1 Å². The SMILES string of the molecule is Cc1cc(C(C)Nc2ncccc2F)c(C)o1. The maximum atomic E-state index is 13.4. The molecule has 0 radical (unpaired) electrons. The number of aromatic nitrogens is 1. The second-order valence-electron chi connectivity index (χ2n) is 4.07. The summed E-state index contributed by atoms with van der Waals surface area (Å²) in [5.74, 6) is 1.61. The minimum atomic E-state index is -0.350. The lowest BCUT2D eigenvalue weighted by atomic mass is 10.1. The molecule has 2 rings (SSSR count). The molecule has 0 aromatic carbocycles. The van der Waals surface area contributed by atoms with Crippen LogP contribution in [0.2, 0.25) is 0 Å². The van der Waals surface area contributed by atoms with Crippen molar-refractivity contribution in [3.8, 4) is 0 Å². The molecule has 0 fully saturated rings. The summed E-state index contributed by atoms with van der Waals surface area (Å²) in [6, 6.07) is 4.86. The van der Waals surface area contributed by atoms with Crippen LogP contribution in [0.3, 0.4) is 0 Å². The van der Waals surface area contributed by atoms with Crippen LogP contribution in [-0.4, -0.2) is 4.98 Å². The standard InChI is InChI=1S/C13H15FN2O/c1-8-7-11(10(3)17-8)9(2)16-13-12(14)5-4-6-15-13/h4-7,9H,1-3H3,(H,15,16). The van der Waals surface area contributed by atoms with Crippen molar-refractivity contribution < 1.29 is 8.81 Å². The number of halogens is 1. The average molecular weight is 234 g/mol. The van der Waals surface area contributed by atoms with Gasteiger partial charge in [0.15, 0.2) is 11.6 Å². The number of furan rings is 1. The third-order valence-electron chi connectivity index (χ3n) is 2.66. The fraction of sp³-hybridized carbons (Fsp3) is 0.308. The number of nitrogens with one attached hydrogen (secondary N) is 1. The summed E-state index contributed by atoms with van der Waals surface area (Å²) in [6.07, 6.45) is 1.56. The van der Waals surface area contributed by atoms with Crippen molar-refractivity contribution in [2.75, 3.05) is 5.32 Å². The van der Waals surface area contributed by atoms with E-state index in [0.29, 0.717) is 0 Å². The van der Waals surface area contributed by atoms with Crippen molar-refractivity contribution in [3.63, 3.8) is 0 Å². The van der Waals surface area contributed by atoms with Crippen LogP contribution in [0.5, 0.6) is 0 Å². The molecule has 4 heteroatoms. The molecule has 0 aliphatic rings. The van der Waals surface area contributed by atoms with E-state index in [-0.39, 0.29) is 17.7 Å². The highest BCUT2D eigenvalue weighted by Crippen LogP contribution is 2.24. The van der Waals surface area contributed by atoms with E-state index in [1.54, 1.807) is 12.3 Å². The quantitative estimate of drug-likeness (QED) is 0.881.